The van der Waals surface area contributed by atoms with Gasteiger partial charge in [-0.2, -0.15) is 0 Å². The van der Waals surface area contributed by atoms with Crippen molar-refractivity contribution in [2.45, 2.75) is 0 Å². The van der Waals surface area contributed by atoms with Gasteiger partial charge >= 0.3 is 5.97 Å². The van der Waals surface area contributed by atoms with Gasteiger partial charge in [-0.25, -0.2) is 4.79 Å². The van der Waals surface area contributed by atoms with Crippen LogP contribution < -0.4 is 4.74 Å². The Kier molecular flexibility index (Phi) is 4.15. The van der Waals surface area contributed by atoms with Crippen molar-refractivity contribution in [1.29, 1.82) is 0 Å². The minimum atomic E-state index is -0.458. The number of rotatable bonds is 3. The first-order chi connectivity index (χ1) is 9.19. The molecule has 0 unspecified atom stereocenters. The second-order valence-electron chi connectivity index (χ2n) is 3.71. The largest absolute Gasteiger partial charge is 0.423 e. The van der Waals surface area contributed by atoms with Crippen molar-refractivity contribution in [2.24, 2.45) is 5.16 Å². The maximum atomic E-state index is 11.8. The van der Waals surface area contributed by atoms with Crippen LogP contribution in [0.25, 0.3) is 0 Å². The van der Waals surface area contributed by atoms with Crippen LogP contribution in [0.5, 0.6) is 5.75 Å². The first-order valence-electron chi connectivity index (χ1n) is 5.44. The summed E-state index contributed by atoms with van der Waals surface area (Å²) in [5, 5.41) is 11.8. The molecule has 0 saturated carbocycles. The van der Waals surface area contributed by atoms with Crippen molar-refractivity contribution in [3.8, 4) is 5.75 Å². The average molecular weight is 276 g/mol. The molecule has 5 heteroatoms. The van der Waals surface area contributed by atoms with Crippen LogP contribution in [0, 0.1) is 0 Å². The summed E-state index contributed by atoms with van der Waals surface area (Å²) in [4.78, 5) is 11.8. The fourth-order valence-corrected chi connectivity index (χ4v) is 1.57. The van der Waals surface area contributed by atoms with E-state index in [2.05, 4.69) is 5.16 Å². The number of ether oxygens (including phenoxy) is 1. The second kappa shape index (κ2) is 6.02. The lowest BCUT2D eigenvalue weighted by Crippen LogP contribution is -2.08. The summed E-state index contributed by atoms with van der Waals surface area (Å²) >= 11 is 5.74. The summed E-state index contributed by atoms with van der Waals surface area (Å²) in [5.74, 6) is -0.0460. The lowest BCUT2D eigenvalue weighted by atomic mass is 10.2. The van der Waals surface area contributed by atoms with Crippen molar-refractivity contribution in [3.05, 3.63) is 64.7 Å². The molecule has 0 amide bonds. The van der Waals surface area contributed by atoms with E-state index >= 15 is 0 Å². The smallest absolute Gasteiger partial charge is 0.343 e. The number of hydrogen-bond acceptors (Lipinski definition) is 4. The van der Waals surface area contributed by atoms with Crippen LogP contribution >= 0.6 is 11.6 Å². The molecule has 0 aliphatic heterocycles. The third-order valence-corrected chi connectivity index (χ3v) is 2.63. The molecule has 0 fully saturated rings. The Morgan fingerprint density at radius 2 is 1.74 bits per heavy atom. The van der Waals surface area contributed by atoms with E-state index in [1.165, 1.54) is 6.21 Å². The fourth-order valence-electron chi connectivity index (χ4n) is 1.44. The van der Waals surface area contributed by atoms with Crippen LogP contribution in [0.3, 0.4) is 0 Å². The summed E-state index contributed by atoms with van der Waals surface area (Å²) in [6, 6.07) is 13.0. The van der Waals surface area contributed by atoms with Crippen molar-refractivity contribution >= 4 is 23.8 Å². The van der Waals surface area contributed by atoms with Gasteiger partial charge in [0.15, 0.2) is 0 Å². The highest BCUT2D eigenvalue weighted by atomic mass is 35.5. The van der Waals surface area contributed by atoms with Gasteiger partial charge < -0.3 is 9.94 Å². The second-order valence-corrected chi connectivity index (χ2v) is 4.15. The van der Waals surface area contributed by atoms with Crippen molar-refractivity contribution in [3.63, 3.8) is 0 Å². The van der Waals surface area contributed by atoms with Crippen LogP contribution in [0.15, 0.2) is 53.7 Å². The first kappa shape index (κ1) is 13.1. The van der Waals surface area contributed by atoms with E-state index < -0.39 is 5.97 Å². The normalized spacial score (nSPS) is 10.6. The zero-order valence-electron chi connectivity index (χ0n) is 9.79. The van der Waals surface area contributed by atoms with Crippen LogP contribution in [0.4, 0.5) is 0 Å². The Labute approximate surface area is 114 Å². The minimum absolute atomic E-state index is 0.412. The van der Waals surface area contributed by atoms with Gasteiger partial charge in [0.2, 0.25) is 0 Å². The van der Waals surface area contributed by atoms with Gasteiger partial charge in [0.25, 0.3) is 0 Å². The number of halogens is 1. The highest BCUT2D eigenvalue weighted by molar-refractivity contribution is 6.30. The van der Waals surface area contributed by atoms with E-state index in [0.717, 1.165) is 0 Å². The summed E-state index contributed by atoms with van der Waals surface area (Å²) in [6.45, 7) is 0. The quantitative estimate of drug-likeness (QED) is 0.307. The standard InChI is InChI=1S/C14H10ClNO3/c15-12-5-3-11(4-6-12)14(17)19-13-7-1-10(2-8-13)9-16-18/h1-9,18H. The SMILES string of the molecule is O=C(Oc1ccc(C=NO)cc1)c1ccc(Cl)cc1. The topological polar surface area (TPSA) is 58.9 Å². The molecule has 0 aliphatic rings. The molecule has 1 N–H and O–H groups in total. The van der Waals surface area contributed by atoms with E-state index in [9.17, 15) is 4.79 Å². The zero-order chi connectivity index (χ0) is 13.7. The Morgan fingerprint density at radius 3 is 2.32 bits per heavy atom. The van der Waals surface area contributed by atoms with Gasteiger partial charge in [0.05, 0.1) is 11.8 Å². The first-order valence-corrected chi connectivity index (χ1v) is 5.82. The molecular weight excluding hydrogens is 266 g/mol. The molecule has 0 bridgehead atoms. The van der Waals surface area contributed by atoms with Gasteiger partial charge in [0, 0.05) is 5.02 Å². The molecule has 19 heavy (non-hydrogen) atoms. The molecule has 0 aliphatic carbocycles. The maximum Gasteiger partial charge on any atom is 0.343 e. The molecule has 0 atom stereocenters. The monoisotopic (exact) mass is 275 g/mol. The highest BCUT2D eigenvalue weighted by Gasteiger charge is 2.08. The van der Waals surface area contributed by atoms with Crippen LogP contribution in [0.2, 0.25) is 5.02 Å². The predicted molar refractivity (Wildman–Crippen MR) is 72.2 cm³/mol. The van der Waals surface area contributed by atoms with Crippen LogP contribution in [-0.4, -0.2) is 17.4 Å². The van der Waals surface area contributed by atoms with Crippen LogP contribution in [0.1, 0.15) is 15.9 Å². The predicted octanol–water partition coefficient (Wildman–Crippen LogP) is 3.37. The number of benzene rings is 2. The van der Waals surface area contributed by atoms with E-state index in [-0.39, 0.29) is 0 Å². The molecule has 0 aromatic heterocycles. The number of esters is 1. The Morgan fingerprint density at radius 1 is 1.11 bits per heavy atom. The van der Waals surface area contributed by atoms with Crippen molar-refractivity contribution in [1.82, 2.24) is 0 Å². The minimum Gasteiger partial charge on any atom is -0.423 e. The van der Waals surface area contributed by atoms with Crippen LogP contribution in [-0.2, 0) is 0 Å². The number of hydrogen-bond donors (Lipinski definition) is 1. The highest BCUT2D eigenvalue weighted by Crippen LogP contribution is 2.15. The van der Waals surface area contributed by atoms with Gasteiger partial charge in [-0.05, 0) is 54.1 Å². The van der Waals surface area contributed by atoms with E-state index in [4.69, 9.17) is 21.5 Å². The molecule has 0 spiro atoms. The summed E-state index contributed by atoms with van der Waals surface area (Å²) in [6.07, 6.45) is 1.28. The molecule has 0 saturated heterocycles. The Bertz CT molecular complexity index is 591. The summed E-state index contributed by atoms with van der Waals surface area (Å²) in [7, 11) is 0. The Balaban J connectivity index is 2.08. The molecule has 96 valence electrons. The molecule has 4 nitrogen and oxygen atoms in total. The van der Waals surface area contributed by atoms with Gasteiger partial charge in [0.1, 0.15) is 5.75 Å². The molecule has 2 rings (SSSR count). The third-order valence-electron chi connectivity index (χ3n) is 2.38. The molecule has 2 aromatic rings. The third kappa shape index (κ3) is 3.56. The number of nitrogens with zero attached hydrogens (tertiary/aromatic N) is 1. The summed E-state index contributed by atoms with van der Waals surface area (Å²) in [5.41, 5.74) is 1.12. The van der Waals surface area contributed by atoms with E-state index in [1.54, 1.807) is 48.5 Å². The maximum absolute atomic E-state index is 11.8. The molecule has 0 radical (unpaired) electrons. The number of carbonyl (C=O) groups excluding carboxylic acids is 1. The van der Waals surface area contributed by atoms with Gasteiger partial charge in [-0.3, -0.25) is 0 Å². The van der Waals surface area contributed by atoms with Crippen molar-refractivity contribution < 1.29 is 14.7 Å². The average Bonchev–Trinajstić information content (AvgIpc) is 2.42. The van der Waals surface area contributed by atoms with Gasteiger partial charge in [-0.15, -0.1) is 0 Å². The lowest BCUT2D eigenvalue weighted by Gasteiger charge is -2.04. The van der Waals surface area contributed by atoms with Gasteiger partial charge in [-0.1, -0.05) is 16.8 Å². The zero-order valence-corrected chi connectivity index (χ0v) is 10.5. The molecule has 0 heterocycles. The fraction of sp³-hybridized carbons (Fsp3) is 0. The van der Waals surface area contributed by atoms with E-state index in [0.29, 0.717) is 21.9 Å². The molecular formula is C14H10ClNO3. The van der Waals surface area contributed by atoms with E-state index in [1.807, 2.05) is 0 Å². The number of oxime groups is 1. The lowest BCUT2D eigenvalue weighted by molar-refractivity contribution is 0.0735. The Hall–Kier alpha value is -2.33. The molecule has 2 aromatic carbocycles. The summed E-state index contributed by atoms with van der Waals surface area (Å²) < 4.78 is 5.18. The van der Waals surface area contributed by atoms with Crippen molar-refractivity contribution in [2.75, 3.05) is 0 Å². The number of carbonyl (C=O) groups is 1.